The Hall–Kier alpha value is -0.590. The van der Waals surface area contributed by atoms with Gasteiger partial charge in [0.05, 0.1) is 0 Å². The Morgan fingerprint density at radius 3 is 1.12 bits per heavy atom. The number of carbonyl (C=O) groups is 1. The van der Waals surface area contributed by atoms with Gasteiger partial charge in [-0.05, 0) is 32.1 Å². The molecule has 0 saturated carbocycles. The first-order valence-corrected chi connectivity index (χ1v) is 11.5. The lowest BCUT2D eigenvalue weighted by Gasteiger charge is -2.02. The normalized spacial score (nSPS) is 11.4. The van der Waals surface area contributed by atoms with Crippen LogP contribution in [0.2, 0.25) is 0 Å². The molecule has 0 heterocycles. The van der Waals surface area contributed by atoms with Crippen LogP contribution in [0.4, 0.5) is 0 Å². The molecule has 0 aliphatic heterocycles. The van der Waals surface area contributed by atoms with Gasteiger partial charge in [-0.25, -0.2) is 0 Å². The van der Waals surface area contributed by atoms with Crippen LogP contribution in [-0.4, -0.2) is 6.29 Å². The second kappa shape index (κ2) is 23.4. The Bertz CT molecular complexity index is 269. The zero-order chi connectivity index (χ0) is 18.3. The lowest BCUT2D eigenvalue weighted by atomic mass is 10.0. The predicted molar refractivity (Wildman–Crippen MR) is 113 cm³/mol. The highest BCUT2D eigenvalue weighted by molar-refractivity contribution is 5.48. The molecule has 0 radical (unpaired) electrons. The first-order valence-electron chi connectivity index (χ1n) is 11.5. The molecule has 0 spiro atoms. The number of unbranched alkanes of at least 4 members (excludes halogenated alkanes) is 18. The first-order chi connectivity index (χ1) is 12.4. The highest BCUT2D eigenvalue weighted by Gasteiger charge is 1.93. The van der Waals surface area contributed by atoms with Gasteiger partial charge in [0, 0.05) is 6.42 Å². The molecule has 0 fully saturated rings. The number of allylic oxidation sites excluding steroid dienone is 2. The molecule has 1 heteroatoms. The van der Waals surface area contributed by atoms with Gasteiger partial charge >= 0.3 is 0 Å². The van der Waals surface area contributed by atoms with E-state index < -0.39 is 0 Å². The van der Waals surface area contributed by atoms with Crippen molar-refractivity contribution >= 4 is 6.29 Å². The van der Waals surface area contributed by atoms with Gasteiger partial charge in [0.1, 0.15) is 6.29 Å². The molecule has 0 atom stereocenters. The molecule has 0 aliphatic carbocycles. The maximum Gasteiger partial charge on any atom is 0.119 e. The smallest absolute Gasteiger partial charge is 0.119 e. The zero-order valence-corrected chi connectivity index (χ0v) is 17.3. The second-order valence-corrected chi connectivity index (χ2v) is 7.66. The quantitative estimate of drug-likeness (QED) is 0.115. The number of hydrogen-bond donors (Lipinski definition) is 0. The Labute approximate surface area is 159 Å². The molecule has 1 nitrogen and oxygen atoms in total. The summed E-state index contributed by atoms with van der Waals surface area (Å²) in [6, 6.07) is 0. The summed E-state index contributed by atoms with van der Waals surface area (Å²) in [4.78, 5) is 10.2. The van der Waals surface area contributed by atoms with Crippen LogP contribution in [0.1, 0.15) is 135 Å². The van der Waals surface area contributed by atoms with E-state index in [1.165, 1.54) is 116 Å². The standard InChI is InChI=1S/C24H46O/c1-2-3-4-5-6-7-8-9-10-11-12-13-14-15-16-17-18-19-20-21-22-23-24-25/h9-10,24H,2-8,11-23H2,1H3/b10-9+. The molecule has 0 aromatic heterocycles. The third-order valence-corrected chi connectivity index (χ3v) is 5.08. The Morgan fingerprint density at radius 1 is 0.440 bits per heavy atom. The monoisotopic (exact) mass is 350 g/mol. The van der Waals surface area contributed by atoms with Crippen molar-refractivity contribution in [2.75, 3.05) is 0 Å². The maximum absolute atomic E-state index is 10.2. The molecular formula is C24H46O. The lowest BCUT2D eigenvalue weighted by molar-refractivity contribution is -0.107. The van der Waals surface area contributed by atoms with Crippen molar-refractivity contribution in [2.45, 2.75) is 135 Å². The minimum absolute atomic E-state index is 0.758. The van der Waals surface area contributed by atoms with Crippen LogP contribution in [0.3, 0.4) is 0 Å². The van der Waals surface area contributed by atoms with Gasteiger partial charge in [-0.3, -0.25) is 0 Å². The highest BCUT2D eigenvalue weighted by Crippen LogP contribution is 2.13. The van der Waals surface area contributed by atoms with Crippen molar-refractivity contribution < 1.29 is 4.79 Å². The SMILES string of the molecule is CCCCCCCC/C=C/CCCCCCCCCCCCCC=O. The number of carbonyl (C=O) groups excluding carboxylic acids is 1. The van der Waals surface area contributed by atoms with Crippen molar-refractivity contribution in [3.63, 3.8) is 0 Å². The summed E-state index contributed by atoms with van der Waals surface area (Å²) in [5.41, 5.74) is 0. The number of aldehydes is 1. The zero-order valence-electron chi connectivity index (χ0n) is 17.3. The van der Waals surface area contributed by atoms with Crippen molar-refractivity contribution in [1.29, 1.82) is 0 Å². The van der Waals surface area contributed by atoms with Gasteiger partial charge in [-0.1, -0.05) is 109 Å². The summed E-state index contributed by atoms with van der Waals surface area (Å²) in [5.74, 6) is 0. The van der Waals surface area contributed by atoms with E-state index in [9.17, 15) is 4.79 Å². The molecule has 0 unspecified atom stereocenters. The molecule has 148 valence electrons. The van der Waals surface area contributed by atoms with Crippen LogP contribution < -0.4 is 0 Å². The van der Waals surface area contributed by atoms with Gasteiger partial charge in [0.2, 0.25) is 0 Å². The Morgan fingerprint density at radius 2 is 0.760 bits per heavy atom. The van der Waals surface area contributed by atoms with Crippen molar-refractivity contribution in [3.05, 3.63) is 12.2 Å². The maximum atomic E-state index is 10.2. The second-order valence-electron chi connectivity index (χ2n) is 7.66. The summed E-state index contributed by atoms with van der Waals surface area (Å²) in [6.45, 7) is 2.28. The minimum Gasteiger partial charge on any atom is -0.303 e. The molecule has 0 saturated heterocycles. The van der Waals surface area contributed by atoms with Crippen LogP contribution in [0.15, 0.2) is 12.2 Å². The summed E-state index contributed by atoms with van der Waals surface area (Å²) in [6.07, 6.45) is 32.5. The predicted octanol–water partition coefficient (Wildman–Crippen LogP) is 8.56. The molecule has 0 N–H and O–H groups in total. The Balaban J connectivity index is 3.04. The van der Waals surface area contributed by atoms with Crippen LogP contribution in [-0.2, 0) is 4.79 Å². The lowest BCUT2D eigenvalue weighted by Crippen LogP contribution is -1.83. The number of hydrogen-bond acceptors (Lipinski definition) is 1. The average Bonchev–Trinajstić information content (AvgIpc) is 2.63. The van der Waals surface area contributed by atoms with E-state index in [0.29, 0.717) is 0 Å². The molecular weight excluding hydrogens is 304 g/mol. The topological polar surface area (TPSA) is 17.1 Å². The molecule has 0 bridgehead atoms. The molecule has 0 rings (SSSR count). The minimum atomic E-state index is 0.758. The molecule has 0 aliphatic rings. The van der Waals surface area contributed by atoms with E-state index in [0.717, 1.165) is 19.1 Å². The largest absolute Gasteiger partial charge is 0.303 e. The van der Waals surface area contributed by atoms with E-state index >= 15 is 0 Å². The van der Waals surface area contributed by atoms with E-state index in [1.54, 1.807) is 0 Å². The summed E-state index contributed by atoms with van der Waals surface area (Å²) < 4.78 is 0. The Kier molecular flexibility index (Phi) is 22.9. The summed E-state index contributed by atoms with van der Waals surface area (Å²) in [7, 11) is 0. The molecule has 0 aromatic carbocycles. The fourth-order valence-corrected chi connectivity index (χ4v) is 3.36. The number of rotatable bonds is 21. The van der Waals surface area contributed by atoms with Crippen LogP contribution in [0.25, 0.3) is 0 Å². The fourth-order valence-electron chi connectivity index (χ4n) is 3.36. The van der Waals surface area contributed by atoms with E-state index in [-0.39, 0.29) is 0 Å². The van der Waals surface area contributed by atoms with Crippen molar-refractivity contribution in [3.8, 4) is 0 Å². The van der Waals surface area contributed by atoms with Gasteiger partial charge in [0.15, 0.2) is 0 Å². The van der Waals surface area contributed by atoms with Crippen molar-refractivity contribution in [1.82, 2.24) is 0 Å². The van der Waals surface area contributed by atoms with E-state index in [4.69, 9.17) is 0 Å². The van der Waals surface area contributed by atoms with Crippen LogP contribution in [0.5, 0.6) is 0 Å². The third-order valence-electron chi connectivity index (χ3n) is 5.08. The first kappa shape index (κ1) is 24.4. The molecule has 25 heavy (non-hydrogen) atoms. The summed E-state index contributed by atoms with van der Waals surface area (Å²) in [5, 5.41) is 0. The van der Waals surface area contributed by atoms with Crippen LogP contribution in [0, 0.1) is 0 Å². The van der Waals surface area contributed by atoms with Crippen LogP contribution >= 0.6 is 0 Å². The fraction of sp³-hybridized carbons (Fsp3) is 0.875. The average molecular weight is 351 g/mol. The summed E-state index contributed by atoms with van der Waals surface area (Å²) >= 11 is 0. The van der Waals surface area contributed by atoms with E-state index in [1.807, 2.05) is 0 Å². The highest BCUT2D eigenvalue weighted by atomic mass is 16.1. The van der Waals surface area contributed by atoms with E-state index in [2.05, 4.69) is 19.1 Å². The van der Waals surface area contributed by atoms with Gasteiger partial charge in [-0.2, -0.15) is 0 Å². The van der Waals surface area contributed by atoms with Gasteiger partial charge < -0.3 is 4.79 Å². The third kappa shape index (κ3) is 23.4. The van der Waals surface area contributed by atoms with Gasteiger partial charge in [0.25, 0.3) is 0 Å². The molecule has 0 aromatic rings. The van der Waals surface area contributed by atoms with Gasteiger partial charge in [-0.15, -0.1) is 0 Å². The van der Waals surface area contributed by atoms with Crippen molar-refractivity contribution in [2.24, 2.45) is 0 Å². The molecule has 0 amide bonds.